The number of pyridine rings is 1. The number of amides is 1. The number of ether oxygens (including phenoxy) is 3. The number of carbonyl (C=O) groups is 1. The number of nitrogens with zero attached hydrogens (tertiary/aromatic N) is 3. The lowest BCUT2D eigenvalue weighted by Gasteiger charge is -2.31. The van der Waals surface area contributed by atoms with Crippen molar-refractivity contribution in [3.63, 3.8) is 0 Å². The van der Waals surface area contributed by atoms with Gasteiger partial charge in [0.2, 0.25) is 5.60 Å². The molecule has 2 aromatic carbocycles. The second-order valence-electron chi connectivity index (χ2n) is 11.8. The van der Waals surface area contributed by atoms with E-state index < -0.39 is 41.2 Å². The number of aliphatic hydroxyl groups is 1. The molecule has 2 N–H and O–H groups in total. The van der Waals surface area contributed by atoms with Crippen LogP contribution in [0, 0.1) is 5.82 Å². The molecule has 6 rings (SSSR count). The Balaban J connectivity index is 1.38. The molecule has 1 aliphatic heterocycles. The molecule has 0 saturated heterocycles. The molecule has 232 valence electrons. The first-order valence-electron chi connectivity index (χ1n) is 13.9. The van der Waals surface area contributed by atoms with Crippen LogP contribution in [0.1, 0.15) is 54.3 Å². The van der Waals surface area contributed by atoms with Crippen molar-refractivity contribution in [2.24, 2.45) is 0 Å². The van der Waals surface area contributed by atoms with Crippen molar-refractivity contribution in [1.29, 1.82) is 0 Å². The van der Waals surface area contributed by atoms with E-state index >= 15 is 0 Å². The van der Waals surface area contributed by atoms with Crippen molar-refractivity contribution in [1.82, 2.24) is 20.1 Å². The molecule has 1 fully saturated rings. The molecule has 2 aliphatic rings. The third kappa shape index (κ3) is 4.98. The van der Waals surface area contributed by atoms with E-state index in [1.54, 1.807) is 24.7 Å². The summed E-state index contributed by atoms with van der Waals surface area (Å²) in [5.41, 5.74) is -3.96. The number of halogens is 4. The Kier molecular flexibility index (Phi) is 6.99. The number of methoxy groups -OCH3 is 2. The summed E-state index contributed by atoms with van der Waals surface area (Å²) in [6.45, 7) is 2.46. The van der Waals surface area contributed by atoms with Crippen LogP contribution in [-0.4, -0.2) is 59.3 Å². The Labute approximate surface area is 249 Å². The Hall–Kier alpha value is -4.39. The summed E-state index contributed by atoms with van der Waals surface area (Å²) in [6, 6.07) is 8.05. The number of hydrogen-bond acceptors (Lipinski definition) is 7. The molecule has 1 aliphatic carbocycles. The number of nitrogens with one attached hydrogen (secondary N) is 1. The fourth-order valence-electron chi connectivity index (χ4n) is 5.31. The Morgan fingerprint density at radius 2 is 1.86 bits per heavy atom. The number of fused-ring (bicyclic) bond motifs is 2. The van der Waals surface area contributed by atoms with E-state index in [4.69, 9.17) is 14.2 Å². The van der Waals surface area contributed by atoms with E-state index in [9.17, 15) is 27.5 Å². The second kappa shape index (κ2) is 10.4. The topological polar surface area (TPSA) is 108 Å². The van der Waals surface area contributed by atoms with Gasteiger partial charge in [0, 0.05) is 33.7 Å². The fourth-order valence-corrected chi connectivity index (χ4v) is 5.31. The van der Waals surface area contributed by atoms with Crippen molar-refractivity contribution in [2.45, 2.75) is 49.9 Å². The van der Waals surface area contributed by atoms with Gasteiger partial charge in [0.15, 0.2) is 11.6 Å². The molecule has 44 heavy (non-hydrogen) atoms. The van der Waals surface area contributed by atoms with E-state index in [1.165, 1.54) is 38.5 Å². The maximum absolute atomic E-state index is 14.7. The van der Waals surface area contributed by atoms with Gasteiger partial charge in [-0.15, -0.1) is 0 Å². The van der Waals surface area contributed by atoms with E-state index in [0.717, 1.165) is 25.0 Å². The Morgan fingerprint density at radius 1 is 1.14 bits per heavy atom. The van der Waals surface area contributed by atoms with E-state index in [2.05, 4.69) is 15.4 Å². The van der Waals surface area contributed by atoms with Gasteiger partial charge in [0.1, 0.15) is 22.7 Å². The molecule has 2 aromatic heterocycles. The monoisotopic (exact) mass is 614 g/mol. The summed E-state index contributed by atoms with van der Waals surface area (Å²) in [4.78, 5) is 17.4. The molecular weight excluding hydrogens is 584 g/mol. The second-order valence-corrected chi connectivity index (χ2v) is 11.8. The van der Waals surface area contributed by atoms with Crippen molar-refractivity contribution < 1.29 is 41.7 Å². The number of alkyl halides is 3. The standard InChI is InChI=1S/C31H30F4N4O5/c1-29(2)15-44-27-20(29)12-24(37-26(27)16-5-8-21(32)22(10-16)42-3)30(41,31(33,34)35)14-36-28(40)17-9-18-13-39(19-6-7-19)38-25(18)23(11-17)43-4/h5,8-13,19,41H,6-7,14-15H2,1-4H3,(H,36,40)/t30-/m0/s1. The van der Waals surface area contributed by atoms with Crippen LogP contribution >= 0.6 is 0 Å². The number of rotatable bonds is 8. The van der Waals surface area contributed by atoms with E-state index in [-0.39, 0.29) is 41.0 Å². The first-order chi connectivity index (χ1) is 20.8. The number of aromatic nitrogens is 3. The predicted molar refractivity (Wildman–Crippen MR) is 152 cm³/mol. The summed E-state index contributed by atoms with van der Waals surface area (Å²) in [5.74, 6) is -1.17. The van der Waals surface area contributed by atoms with Crippen molar-refractivity contribution >= 4 is 16.8 Å². The van der Waals surface area contributed by atoms with Gasteiger partial charge in [-0.3, -0.25) is 9.48 Å². The van der Waals surface area contributed by atoms with E-state index in [0.29, 0.717) is 22.2 Å². The van der Waals surface area contributed by atoms with Gasteiger partial charge in [0.25, 0.3) is 5.91 Å². The molecule has 9 nitrogen and oxygen atoms in total. The molecule has 4 aromatic rings. The van der Waals surface area contributed by atoms with Gasteiger partial charge in [-0.05, 0) is 49.2 Å². The lowest BCUT2D eigenvalue weighted by Crippen LogP contribution is -2.51. The molecule has 13 heteroatoms. The van der Waals surface area contributed by atoms with Crippen LogP contribution in [0.15, 0.2) is 42.6 Å². The molecule has 0 spiro atoms. The molecule has 1 amide bonds. The van der Waals surface area contributed by atoms with Crippen LogP contribution in [0.5, 0.6) is 17.2 Å². The summed E-state index contributed by atoms with van der Waals surface area (Å²) in [5, 5.41) is 18.7. The lowest BCUT2D eigenvalue weighted by molar-refractivity contribution is -0.265. The molecular formula is C31H30F4N4O5. The van der Waals surface area contributed by atoms with Gasteiger partial charge in [-0.2, -0.15) is 18.3 Å². The average molecular weight is 615 g/mol. The van der Waals surface area contributed by atoms with Crippen LogP contribution < -0.4 is 19.5 Å². The lowest BCUT2D eigenvalue weighted by atomic mass is 9.84. The normalized spacial score (nSPS) is 17.1. The average Bonchev–Trinajstić information content (AvgIpc) is 3.67. The van der Waals surface area contributed by atoms with E-state index in [1.807, 2.05) is 0 Å². The first-order valence-corrected chi connectivity index (χ1v) is 13.9. The van der Waals surface area contributed by atoms with Crippen LogP contribution in [0.25, 0.3) is 22.2 Å². The van der Waals surface area contributed by atoms with Gasteiger partial charge in [-0.25, -0.2) is 9.37 Å². The highest BCUT2D eigenvalue weighted by molar-refractivity contribution is 6.00. The highest BCUT2D eigenvalue weighted by Crippen LogP contribution is 2.48. The van der Waals surface area contributed by atoms with Gasteiger partial charge in [0.05, 0.1) is 39.1 Å². The summed E-state index contributed by atoms with van der Waals surface area (Å²) in [7, 11) is 2.67. The zero-order valence-corrected chi connectivity index (χ0v) is 24.4. The number of hydrogen-bond donors (Lipinski definition) is 2. The summed E-state index contributed by atoms with van der Waals surface area (Å²) < 4.78 is 76.5. The third-order valence-corrected chi connectivity index (χ3v) is 8.10. The molecule has 0 unspecified atom stereocenters. The maximum Gasteiger partial charge on any atom is 0.424 e. The quantitative estimate of drug-likeness (QED) is 0.255. The molecule has 1 saturated carbocycles. The van der Waals surface area contributed by atoms with Crippen LogP contribution in [0.3, 0.4) is 0 Å². The fraction of sp³-hybridized carbons (Fsp3) is 0.387. The largest absolute Gasteiger partial charge is 0.494 e. The summed E-state index contributed by atoms with van der Waals surface area (Å²) in [6.07, 6.45) is -1.52. The van der Waals surface area contributed by atoms with Crippen LogP contribution in [0.2, 0.25) is 0 Å². The molecule has 3 heterocycles. The summed E-state index contributed by atoms with van der Waals surface area (Å²) >= 11 is 0. The zero-order valence-electron chi connectivity index (χ0n) is 24.4. The Morgan fingerprint density at radius 3 is 2.52 bits per heavy atom. The molecule has 0 bridgehead atoms. The Bertz CT molecular complexity index is 1780. The maximum atomic E-state index is 14.7. The zero-order chi connectivity index (χ0) is 31.6. The van der Waals surface area contributed by atoms with Crippen molar-refractivity contribution in [3.8, 4) is 28.5 Å². The van der Waals surface area contributed by atoms with Gasteiger partial charge >= 0.3 is 6.18 Å². The SMILES string of the molecule is COc1cc(-c2nc([C@@](O)(CNC(=O)c3cc(OC)c4nn(C5CC5)cc4c3)C(F)(F)F)cc3c2OCC3(C)C)ccc1F. The van der Waals surface area contributed by atoms with Gasteiger partial charge < -0.3 is 24.6 Å². The minimum Gasteiger partial charge on any atom is -0.494 e. The number of carbonyl (C=O) groups excluding carboxylic acids is 1. The van der Waals surface area contributed by atoms with Gasteiger partial charge in [-0.1, -0.05) is 13.8 Å². The predicted octanol–water partition coefficient (Wildman–Crippen LogP) is 5.44. The highest BCUT2D eigenvalue weighted by Gasteiger charge is 2.57. The number of benzene rings is 2. The van der Waals surface area contributed by atoms with Crippen molar-refractivity contribution in [2.75, 3.05) is 27.4 Å². The first kappa shape index (κ1) is 29.7. The molecule has 1 atom stereocenters. The minimum atomic E-state index is -5.25. The van der Waals surface area contributed by atoms with Crippen molar-refractivity contribution in [3.05, 3.63) is 65.2 Å². The third-order valence-electron chi connectivity index (χ3n) is 8.10. The molecule has 0 radical (unpaired) electrons. The highest BCUT2D eigenvalue weighted by atomic mass is 19.4. The van der Waals surface area contributed by atoms with Crippen LogP contribution in [-0.2, 0) is 11.0 Å². The minimum absolute atomic E-state index is 0.0294. The smallest absolute Gasteiger partial charge is 0.424 e. The van der Waals surface area contributed by atoms with Crippen LogP contribution in [0.4, 0.5) is 17.6 Å².